The Labute approximate surface area is 139 Å². The molecule has 0 spiro atoms. The van der Waals surface area contributed by atoms with E-state index in [2.05, 4.69) is 12.2 Å². The normalized spacial score (nSPS) is 21.8. The maximum atomic E-state index is 12.5. The van der Waals surface area contributed by atoms with Crippen LogP contribution in [0.5, 0.6) is 0 Å². The molecule has 0 aliphatic heterocycles. The molecule has 0 bridgehead atoms. The third kappa shape index (κ3) is 5.06. The summed E-state index contributed by atoms with van der Waals surface area (Å²) in [5.74, 6) is 0.706. The number of hydrogen-bond donors (Lipinski definition) is 1. The second-order valence-electron chi connectivity index (χ2n) is 6.62. The Morgan fingerprint density at radius 2 is 1.83 bits per heavy atom. The molecule has 2 rings (SSSR count). The minimum Gasteiger partial charge on any atom is -0.325 e. The lowest BCUT2D eigenvalue weighted by atomic mass is 9.79. The Bertz CT molecular complexity index is 631. The molecule has 1 aliphatic carbocycles. The van der Waals surface area contributed by atoms with Gasteiger partial charge in [-0.25, -0.2) is 8.42 Å². The largest absolute Gasteiger partial charge is 0.325 e. The molecule has 1 saturated carbocycles. The predicted octanol–water partition coefficient (Wildman–Crippen LogP) is 4.03. The molecule has 1 aliphatic rings. The average molecular weight is 337 g/mol. The number of unbranched alkanes of at least 4 members (excludes halogenated alkanes) is 1. The summed E-state index contributed by atoms with van der Waals surface area (Å²) >= 11 is 0. The van der Waals surface area contributed by atoms with E-state index in [1.807, 2.05) is 0 Å². The van der Waals surface area contributed by atoms with E-state index >= 15 is 0 Å². The molecule has 1 aromatic rings. The molecule has 0 heterocycles. The van der Waals surface area contributed by atoms with Crippen LogP contribution in [0.4, 0.5) is 5.69 Å². The highest BCUT2D eigenvalue weighted by Crippen LogP contribution is 2.33. The monoisotopic (exact) mass is 337 g/mol. The maximum Gasteiger partial charge on any atom is 0.227 e. The zero-order valence-electron chi connectivity index (χ0n) is 14.0. The first kappa shape index (κ1) is 18.0. The van der Waals surface area contributed by atoms with Crippen molar-refractivity contribution in [1.29, 1.82) is 0 Å². The number of carbonyl (C=O) groups excluding carboxylic acids is 1. The molecule has 128 valence electrons. The Hall–Kier alpha value is -1.36. The van der Waals surface area contributed by atoms with E-state index < -0.39 is 9.84 Å². The molecular weight excluding hydrogens is 310 g/mol. The number of carbonyl (C=O) groups is 1. The van der Waals surface area contributed by atoms with E-state index in [0.717, 1.165) is 37.9 Å². The van der Waals surface area contributed by atoms with Gasteiger partial charge in [-0.15, -0.1) is 0 Å². The van der Waals surface area contributed by atoms with Gasteiger partial charge in [0.25, 0.3) is 0 Å². The molecule has 1 aromatic carbocycles. The van der Waals surface area contributed by atoms with E-state index in [4.69, 9.17) is 0 Å². The van der Waals surface area contributed by atoms with Crippen molar-refractivity contribution in [2.24, 2.45) is 11.8 Å². The van der Waals surface area contributed by atoms with Crippen molar-refractivity contribution in [3.05, 3.63) is 24.3 Å². The van der Waals surface area contributed by atoms with Gasteiger partial charge in [-0.1, -0.05) is 38.3 Å². The van der Waals surface area contributed by atoms with Crippen molar-refractivity contribution < 1.29 is 13.2 Å². The number of anilines is 1. The first-order valence-electron chi connectivity index (χ1n) is 8.51. The average Bonchev–Trinajstić information content (AvgIpc) is 2.53. The summed E-state index contributed by atoms with van der Waals surface area (Å²) in [5.41, 5.74) is 0.396. The molecule has 1 fully saturated rings. The summed E-state index contributed by atoms with van der Waals surface area (Å²) in [5, 5.41) is 2.83. The predicted molar refractivity (Wildman–Crippen MR) is 93.2 cm³/mol. The summed E-state index contributed by atoms with van der Waals surface area (Å²) in [6.07, 6.45) is 8.94. The Morgan fingerprint density at radius 1 is 1.17 bits per heavy atom. The number of rotatable bonds is 6. The number of benzene rings is 1. The molecular formula is C18H27NO3S. The third-order valence-electron chi connectivity index (χ3n) is 4.73. The SMILES string of the molecule is CCCCC1CCC(C(=O)Nc2ccccc2S(C)(=O)=O)CC1. The van der Waals surface area contributed by atoms with Crippen LogP contribution < -0.4 is 5.32 Å². The molecule has 23 heavy (non-hydrogen) atoms. The van der Waals surface area contributed by atoms with E-state index in [9.17, 15) is 13.2 Å². The van der Waals surface area contributed by atoms with Crippen LogP contribution in [0.2, 0.25) is 0 Å². The van der Waals surface area contributed by atoms with Crippen molar-refractivity contribution in [1.82, 2.24) is 0 Å². The van der Waals surface area contributed by atoms with Crippen LogP contribution in [-0.4, -0.2) is 20.6 Å². The van der Waals surface area contributed by atoms with E-state index in [0.29, 0.717) is 5.69 Å². The quantitative estimate of drug-likeness (QED) is 0.852. The highest BCUT2D eigenvalue weighted by molar-refractivity contribution is 7.90. The van der Waals surface area contributed by atoms with Crippen molar-refractivity contribution in [2.75, 3.05) is 11.6 Å². The van der Waals surface area contributed by atoms with Crippen LogP contribution in [0, 0.1) is 11.8 Å². The van der Waals surface area contributed by atoms with Crippen molar-refractivity contribution in [3.8, 4) is 0 Å². The van der Waals surface area contributed by atoms with E-state index in [1.165, 1.54) is 25.3 Å². The summed E-state index contributed by atoms with van der Waals surface area (Å²) in [6.45, 7) is 2.21. The van der Waals surface area contributed by atoms with Crippen LogP contribution in [0.25, 0.3) is 0 Å². The van der Waals surface area contributed by atoms with Crippen molar-refractivity contribution in [2.45, 2.75) is 56.8 Å². The molecule has 0 atom stereocenters. The van der Waals surface area contributed by atoms with E-state index in [1.54, 1.807) is 18.2 Å². The van der Waals surface area contributed by atoms with Crippen LogP contribution >= 0.6 is 0 Å². The van der Waals surface area contributed by atoms with Gasteiger partial charge >= 0.3 is 0 Å². The molecule has 1 N–H and O–H groups in total. The fourth-order valence-corrected chi connectivity index (χ4v) is 4.18. The van der Waals surface area contributed by atoms with Crippen molar-refractivity contribution >= 4 is 21.4 Å². The first-order chi connectivity index (χ1) is 10.9. The Morgan fingerprint density at radius 3 is 2.43 bits per heavy atom. The minimum absolute atomic E-state index is 0.000456. The van der Waals surface area contributed by atoms with Gasteiger partial charge in [0.2, 0.25) is 5.91 Å². The Kier molecular flexibility index (Phi) is 6.22. The highest BCUT2D eigenvalue weighted by atomic mass is 32.2. The summed E-state index contributed by atoms with van der Waals surface area (Å²) in [7, 11) is -3.34. The van der Waals surface area contributed by atoms with E-state index in [-0.39, 0.29) is 16.7 Å². The molecule has 0 unspecified atom stereocenters. The van der Waals surface area contributed by atoms with Gasteiger partial charge in [0, 0.05) is 12.2 Å². The highest BCUT2D eigenvalue weighted by Gasteiger charge is 2.26. The second-order valence-corrected chi connectivity index (χ2v) is 8.60. The standard InChI is InChI=1S/C18H27NO3S/c1-3-4-7-14-10-12-15(13-11-14)18(20)19-16-8-5-6-9-17(16)23(2,21)22/h5-6,8-9,14-15H,3-4,7,10-13H2,1-2H3,(H,19,20). The smallest absolute Gasteiger partial charge is 0.227 e. The van der Waals surface area contributed by atoms with Gasteiger partial charge in [-0.3, -0.25) is 4.79 Å². The molecule has 5 heteroatoms. The fourth-order valence-electron chi connectivity index (χ4n) is 3.33. The molecule has 4 nitrogen and oxygen atoms in total. The van der Waals surface area contributed by atoms with Gasteiger partial charge < -0.3 is 5.32 Å². The van der Waals surface area contributed by atoms with Crippen molar-refractivity contribution in [3.63, 3.8) is 0 Å². The van der Waals surface area contributed by atoms with Crippen LogP contribution in [0.3, 0.4) is 0 Å². The number of para-hydroxylation sites is 1. The first-order valence-corrected chi connectivity index (χ1v) is 10.4. The minimum atomic E-state index is -3.34. The van der Waals surface area contributed by atoms with Gasteiger partial charge in [0.15, 0.2) is 9.84 Å². The maximum absolute atomic E-state index is 12.5. The zero-order valence-corrected chi connectivity index (χ0v) is 14.9. The topological polar surface area (TPSA) is 63.2 Å². The molecule has 0 saturated heterocycles. The van der Waals surface area contributed by atoms with Gasteiger partial charge in [-0.2, -0.15) is 0 Å². The number of nitrogens with one attached hydrogen (secondary N) is 1. The van der Waals surface area contributed by atoms with Crippen LogP contribution in [0.15, 0.2) is 29.2 Å². The number of amides is 1. The lowest BCUT2D eigenvalue weighted by molar-refractivity contribution is -0.121. The van der Waals surface area contributed by atoms with Gasteiger partial charge in [0.05, 0.1) is 10.6 Å². The van der Waals surface area contributed by atoms with Gasteiger partial charge in [0.1, 0.15) is 0 Å². The molecule has 0 aromatic heterocycles. The lowest BCUT2D eigenvalue weighted by Crippen LogP contribution is -2.27. The second kappa shape index (κ2) is 7.95. The number of hydrogen-bond acceptors (Lipinski definition) is 3. The summed E-state index contributed by atoms with van der Waals surface area (Å²) in [6, 6.07) is 6.60. The summed E-state index contributed by atoms with van der Waals surface area (Å²) in [4.78, 5) is 12.6. The van der Waals surface area contributed by atoms with Gasteiger partial charge in [-0.05, 0) is 43.7 Å². The summed E-state index contributed by atoms with van der Waals surface area (Å²) < 4.78 is 23.6. The number of sulfone groups is 1. The molecule has 1 amide bonds. The Balaban J connectivity index is 1.96. The van der Waals surface area contributed by atoms with Crippen LogP contribution in [-0.2, 0) is 14.6 Å². The van der Waals surface area contributed by atoms with Crippen LogP contribution in [0.1, 0.15) is 51.9 Å². The lowest BCUT2D eigenvalue weighted by Gasteiger charge is -2.27. The zero-order chi connectivity index (χ0) is 16.9. The molecule has 0 radical (unpaired) electrons. The fraction of sp³-hybridized carbons (Fsp3) is 0.611. The third-order valence-corrected chi connectivity index (χ3v) is 5.88.